The number of Topliss-reactive ketones (excluding diaryl/α,β-unsaturated/α-hetero) is 1. The first kappa shape index (κ1) is 10.8. The molecule has 1 heterocycles. The van der Waals surface area contributed by atoms with Gasteiger partial charge in [0, 0.05) is 22.9 Å². The molecule has 0 bridgehead atoms. The second-order valence-electron chi connectivity index (χ2n) is 3.22. The minimum atomic E-state index is -0.424. The third-order valence-corrected chi connectivity index (χ3v) is 3.93. The van der Waals surface area contributed by atoms with Crippen molar-refractivity contribution in [3.63, 3.8) is 0 Å². The van der Waals surface area contributed by atoms with Crippen LogP contribution in [0.25, 0.3) is 0 Å². The maximum Gasteiger partial charge on any atom is 0.210 e. The number of carbonyl (C=O) groups is 1. The molecule has 3 nitrogen and oxygen atoms in total. The van der Waals surface area contributed by atoms with Gasteiger partial charge in [0.15, 0.2) is 0 Å². The Morgan fingerprint density at radius 3 is 2.60 bits per heavy atom. The monoisotopic (exact) mass is 242 g/mol. The number of nitrogens with one attached hydrogen (secondary N) is 1. The number of carbonyl (C=O) groups excluding carboxylic acids is 1. The van der Waals surface area contributed by atoms with Crippen molar-refractivity contribution in [2.75, 3.05) is 12.3 Å². The topological polar surface area (TPSA) is 55.1 Å². The summed E-state index contributed by atoms with van der Waals surface area (Å²) in [4.78, 5) is 12.6. The molecule has 0 aromatic heterocycles. The van der Waals surface area contributed by atoms with Crippen LogP contribution in [0, 0.1) is 0 Å². The highest BCUT2D eigenvalue weighted by molar-refractivity contribution is 8.15. The van der Waals surface area contributed by atoms with Gasteiger partial charge in [-0.25, -0.2) is 0 Å². The van der Waals surface area contributed by atoms with Crippen LogP contribution in [0.15, 0.2) is 24.3 Å². The van der Waals surface area contributed by atoms with E-state index in [1.54, 1.807) is 24.3 Å². The maximum atomic E-state index is 12.0. The normalized spacial score (nSPS) is 20.7. The van der Waals surface area contributed by atoms with Gasteiger partial charge in [0.1, 0.15) is 4.99 Å². The Balaban J connectivity index is 2.28. The SMILES string of the molecule is NS1=C(C(=O)c2ccc(Cl)cc2)NCC1. The lowest BCUT2D eigenvalue weighted by Gasteiger charge is -2.03. The lowest BCUT2D eigenvalue weighted by Crippen LogP contribution is -2.27. The molecule has 3 N–H and O–H groups in total. The van der Waals surface area contributed by atoms with Crippen molar-refractivity contribution in [3.8, 4) is 0 Å². The first-order valence-electron chi connectivity index (χ1n) is 4.55. The third-order valence-electron chi connectivity index (χ3n) is 2.18. The van der Waals surface area contributed by atoms with Gasteiger partial charge < -0.3 is 0 Å². The summed E-state index contributed by atoms with van der Waals surface area (Å²) in [6, 6.07) is 6.85. The quantitative estimate of drug-likeness (QED) is 0.609. The Morgan fingerprint density at radius 1 is 1.40 bits per heavy atom. The summed E-state index contributed by atoms with van der Waals surface area (Å²) in [6.07, 6.45) is 0. The van der Waals surface area contributed by atoms with Crippen LogP contribution in [0.5, 0.6) is 0 Å². The second kappa shape index (κ2) is 4.45. The molecule has 2 rings (SSSR count). The van der Waals surface area contributed by atoms with Crippen molar-refractivity contribution in [2.24, 2.45) is 5.14 Å². The number of rotatable bonds is 2. The lowest BCUT2D eigenvalue weighted by molar-refractivity contribution is 0.106. The number of halogens is 1. The van der Waals surface area contributed by atoms with Crippen LogP contribution >= 0.6 is 22.3 Å². The molecule has 0 aliphatic carbocycles. The predicted octanol–water partition coefficient (Wildman–Crippen LogP) is 1.40. The molecular weight excluding hydrogens is 232 g/mol. The zero-order chi connectivity index (χ0) is 10.8. The maximum absolute atomic E-state index is 12.0. The minimum Gasteiger partial charge on any atom is -0.287 e. The molecule has 0 radical (unpaired) electrons. The van der Waals surface area contributed by atoms with Crippen molar-refractivity contribution in [3.05, 3.63) is 34.9 Å². The molecular formula is C10H11ClN2OS. The molecule has 0 fully saturated rings. The van der Waals surface area contributed by atoms with Gasteiger partial charge in [-0.05, 0) is 24.3 Å². The Labute approximate surface area is 95.7 Å². The molecule has 1 aliphatic heterocycles. The van der Waals surface area contributed by atoms with E-state index in [4.69, 9.17) is 16.7 Å². The van der Waals surface area contributed by atoms with Crippen LogP contribution in [0.3, 0.4) is 0 Å². The number of hydrogen-bond donors (Lipinski definition) is 2. The Kier molecular flexibility index (Phi) is 3.21. The van der Waals surface area contributed by atoms with Crippen LogP contribution in [0.1, 0.15) is 10.4 Å². The Bertz CT molecular complexity index is 428. The van der Waals surface area contributed by atoms with Gasteiger partial charge in [0.25, 0.3) is 0 Å². The smallest absolute Gasteiger partial charge is 0.210 e. The average Bonchev–Trinajstić information content (AvgIpc) is 2.65. The number of hydrogen-bond acceptors (Lipinski definition) is 3. The first-order valence-corrected chi connectivity index (χ1v) is 6.38. The fourth-order valence-corrected chi connectivity index (χ4v) is 2.70. The fourth-order valence-electron chi connectivity index (χ4n) is 1.40. The van der Waals surface area contributed by atoms with Crippen LogP contribution < -0.4 is 10.5 Å². The van der Waals surface area contributed by atoms with Crippen molar-refractivity contribution in [1.29, 1.82) is 0 Å². The summed E-state index contributed by atoms with van der Waals surface area (Å²) >= 11 is 5.75. The van der Waals surface area contributed by atoms with Gasteiger partial charge in [-0.2, -0.15) is 0 Å². The van der Waals surface area contributed by atoms with Crippen LogP contribution in [0.2, 0.25) is 5.02 Å². The van der Waals surface area contributed by atoms with Crippen molar-refractivity contribution < 1.29 is 4.79 Å². The van der Waals surface area contributed by atoms with Crippen molar-refractivity contribution in [2.45, 2.75) is 0 Å². The molecule has 0 saturated carbocycles. The highest BCUT2D eigenvalue weighted by Gasteiger charge is 2.18. The van der Waals surface area contributed by atoms with E-state index >= 15 is 0 Å². The molecule has 5 heteroatoms. The Hall–Kier alpha value is -0.680. The minimum absolute atomic E-state index is 0.0185. The highest BCUT2D eigenvalue weighted by Crippen LogP contribution is 2.15. The van der Waals surface area contributed by atoms with Gasteiger partial charge in [0.05, 0.1) is 0 Å². The molecule has 0 amide bonds. The zero-order valence-electron chi connectivity index (χ0n) is 8.00. The standard InChI is InChI=1S/C10H11ClN2OS/c11-8-3-1-7(2-4-8)9(14)10-13-5-6-15(10)12/h1-4,13H,5-6,12H2. The largest absolute Gasteiger partial charge is 0.287 e. The molecule has 0 saturated heterocycles. The van der Waals surface area contributed by atoms with Crippen LogP contribution in [0.4, 0.5) is 0 Å². The van der Waals surface area contributed by atoms with E-state index in [0.29, 0.717) is 15.6 Å². The van der Waals surface area contributed by atoms with Gasteiger partial charge in [0.2, 0.25) is 5.78 Å². The summed E-state index contributed by atoms with van der Waals surface area (Å²) in [5.41, 5.74) is 0.631. The highest BCUT2D eigenvalue weighted by atomic mass is 35.5. The molecule has 1 atom stereocenters. The van der Waals surface area contributed by atoms with E-state index < -0.39 is 10.7 Å². The van der Waals surface area contributed by atoms with Gasteiger partial charge in [-0.1, -0.05) is 11.6 Å². The molecule has 0 spiro atoms. The molecule has 1 unspecified atom stereocenters. The molecule has 80 valence electrons. The lowest BCUT2D eigenvalue weighted by atomic mass is 10.1. The molecule has 15 heavy (non-hydrogen) atoms. The zero-order valence-corrected chi connectivity index (χ0v) is 9.57. The van der Waals surface area contributed by atoms with E-state index in [2.05, 4.69) is 5.32 Å². The summed E-state index contributed by atoms with van der Waals surface area (Å²) < 4.78 is 0. The van der Waals surface area contributed by atoms with E-state index in [1.807, 2.05) is 0 Å². The van der Waals surface area contributed by atoms with Gasteiger partial charge in [-0.15, -0.1) is 10.7 Å². The predicted molar refractivity (Wildman–Crippen MR) is 65.4 cm³/mol. The van der Waals surface area contributed by atoms with E-state index in [1.165, 1.54) is 0 Å². The third kappa shape index (κ3) is 2.29. The van der Waals surface area contributed by atoms with E-state index in [-0.39, 0.29) is 5.78 Å². The molecule has 1 aliphatic rings. The summed E-state index contributed by atoms with van der Waals surface area (Å²) in [7, 11) is -0.424. The summed E-state index contributed by atoms with van der Waals surface area (Å²) in [5, 5.41) is 9.50. The van der Waals surface area contributed by atoms with Crippen molar-refractivity contribution >= 4 is 33.0 Å². The van der Waals surface area contributed by atoms with Crippen LogP contribution in [-0.2, 0) is 0 Å². The van der Waals surface area contributed by atoms with Crippen LogP contribution in [-0.4, -0.2) is 23.1 Å². The van der Waals surface area contributed by atoms with Gasteiger partial charge >= 0.3 is 0 Å². The van der Waals surface area contributed by atoms with Gasteiger partial charge in [-0.3, -0.25) is 15.3 Å². The average molecular weight is 243 g/mol. The molecule has 1 aromatic carbocycles. The van der Waals surface area contributed by atoms with E-state index in [0.717, 1.165) is 12.3 Å². The van der Waals surface area contributed by atoms with Crippen molar-refractivity contribution in [1.82, 2.24) is 5.32 Å². The second-order valence-corrected chi connectivity index (χ2v) is 5.34. The molecule has 1 aromatic rings. The number of ketones is 1. The summed E-state index contributed by atoms with van der Waals surface area (Å²) in [6.45, 7) is 0.786. The van der Waals surface area contributed by atoms with E-state index in [9.17, 15) is 4.79 Å². The summed E-state index contributed by atoms with van der Waals surface area (Å²) in [5.74, 6) is 0.823. The Morgan fingerprint density at radius 2 is 2.07 bits per heavy atom. The number of nitrogens with two attached hydrogens (primary N) is 1. The fraction of sp³-hybridized carbons (Fsp3) is 0.200. The number of benzene rings is 1. The first-order chi connectivity index (χ1) is 7.18.